The zero-order chi connectivity index (χ0) is 21.8. The number of anilines is 1. The average Bonchev–Trinajstić information content (AvgIpc) is 3.13. The summed E-state index contributed by atoms with van der Waals surface area (Å²) in [4.78, 5) is 17.2. The van der Waals surface area contributed by atoms with E-state index in [1.165, 1.54) is 12.3 Å². The average molecular weight is 424 g/mol. The molecule has 0 saturated heterocycles. The predicted molar refractivity (Wildman–Crippen MR) is 112 cm³/mol. The zero-order valence-corrected chi connectivity index (χ0v) is 16.8. The number of nitrogens with zero attached hydrogens (tertiary/aromatic N) is 5. The van der Waals surface area contributed by atoms with Gasteiger partial charge in [0.1, 0.15) is 18.2 Å². The molecule has 9 nitrogen and oxygen atoms in total. The Hall–Kier alpha value is -3.63. The van der Waals surface area contributed by atoms with Gasteiger partial charge >= 0.3 is 6.01 Å². The van der Waals surface area contributed by atoms with Crippen molar-refractivity contribution in [2.75, 3.05) is 26.1 Å². The molecule has 1 aromatic carbocycles. The highest BCUT2D eigenvalue weighted by Crippen LogP contribution is 2.28. The monoisotopic (exact) mass is 424 g/mol. The van der Waals surface area contributed by atoms with Crippen molar-refractivity contribution in [2.24, 2.45) is 0 Å². The van der Waals surface area contributed by atoms with Crippen LogP contribution in [0.15, 0.2) is 42.7 Å². The number of nitrogens with two attached hydrogens (primary N) is 1. The fourth-order valence-electron chi connectivity index (χ4n) is 3.12. The first kappa shape index (κ1) is 20.6. The van der Waals surface area contributed by atoms with E-state index >= 15 is 0 Å². The first-order chi connectivity index (χ1) is 15.1. The Morgan fingerprint density at radius 2 is 1.84 bits per heavy atom. The van der Waals surface area contributed by atoms with E-state index < -0.39 is 5.82 Å². The Balaban J connectivity index is 1.84. The van der Waals surface area contributed by atoms with Gasteiger partial charge in [0.25, 0.3) is 0 Å². The summed E-state index contributed by atoms with van der Waals surface area (Å²) in [5.41, 5.74) is 9.17. The van der Waals surface area contributed by atoms with Gasteiger partial charge in [-0.15, -0.1) is 0 Å². The molecule has 3 heterocycles. The van der Waals surface area contributed by atoms with E-state index in [2.05, 4.69) is 19.9 Å². The number of ether oxygens (including phenoxy) is 2. The normalized spacial score (nSPS) is 11.2. The van der Waals surface area contributed by atoms with Gasteiger partial charge in [-0.25, -0.2) is 9.37 Å². The topological polar surface area (TPSA) is 121 Å². The van der Waals surface area contributed by atoms with Crippen molar-refractivity contribution < 1.29 is 19.0 Å². The van der Waals surface area contributed by atoms with Crippen molar-refractivity contribution in [1.29, 1.82) is 0 Å². The number of methoxy groups -OCH3 is 1. The third-order valence-electron chi connectivity index (χ3n) is 4.63. The number of hydrogen-bond donors (Lipinski definition) is 2. The van der Waals surface area contributed by atoms with Crippen LogP contribution in [0.3, 0.4) is 0 Å². The maximum absolute atomic E-state index is 13.9. The lowest BCUT2D eigenvalue weighted by Crippen LogP contribution is -2.09. The standard InChI is InChI=1S/C21H21FN6O3/c1-30-6-7-31-21-26-18(23)17-20(27-21)28(11-13-2-4-14(12-29)5-3-13)19(25-17)15-8-16(22)10-24-9-15/h2-5,8-10,29H,6-7,11-12H2,1H3,(H2,23,26,27). The molecule has 4 rings (SSSR count). The minimum Gasteiger partial charge on any atom is -0.461 e. The minimum absolute atomic E-state index is 0.0412. The predicted octanol–water partition coefficient (Wildman–Crippen LogP) is 2.18. The molecule has 0 atom stereocenters. The Morgan fingerprint density at radius 3 is 2.55 bits per heavy atom. The number of hydrogen-bond acceptors (Lipinski definition) is 8. The fraction of sp³-hybridized carbons (Fsp3) is 0.238. The third kappa shape index (κ3) is 4.44. The van der Waals surface area contributed by atoms with Crippen molar-refractivity contribution in [2.45, 2.75) is 13.2 Å². The lowest BCUT2D eigenvalue weighted by Gasteiger charge is -2.10. The largest absolute Gasteiger partial charge is 0.461 e. The molecule has 0 saturated carbocycles. The number of pyridine rings is 1. The third-order valence-corrected chi connectivity index (χ3v) is 4.63. The van der Waals surface area contributed by atoms with Crippen LogP contribution in [0.4, 0.5) is 10.2 Å². The lowest BCUT2D eigenvalue weighted by atomic mass is 10.1. The number of benzene rings is 1. The van der Waals surface area contributed by atoms with Crippen LogP contribution in [0.1, 0.15) is 11.1 Å². The number of imidazole rings is 1. The van der Waals surface area contributed by atoms with Gasteiger partial charge in [-0.1, -0.05) is 24.3 Å². The van der Waals surface area contributed by atoms with Crippen molar-refractivity contribution >= 4 is 17.0 Å². The molecule has 0 aliphatic heterocycles. The van der Waals surface area contributed by atoms with E-state index in [0.29, 0.717) is 35.7 Å². The Morgan fingerprint density at radius 1 is 1.06 bits per heavy atom. The van der Waals surface area contributed by atoms with E-state index in [1.807, 2.05) is 24.3 Å². The van der Waals surface area contributed by atoms with E-state index in [1.54, 1.807) is 11.7 Å². The van der Waals surface area contributed by atoms with Crippen LogP contribution in [0.2, 0.25) is 0 Å². The zero-order valence-electron chi connectivity index (χ0n) is 16.8. The van der Waals surface area contributed by atoms with Crippen LogP contribution < -0.4 is 10.5 Å². The molecule has 0 fully saturated rings. The number of aromatic nitrogens is 5. The van der Waals surface area contributed by atoms with Gasteiger partial charge < -0.3 is 24.9 Å². The van der Waals surface area contributed by atoms with Gasteiger partial charge in [0.15, 0.2) is 17.0 Å². The van der Waals surface area contributed by atoms with E-state index in [-0.39, 0.29) is 25.0 Å². The molecular weight excluding hydrogens is 403 g/mol. The number of aliphatic hydroxyl groups is 1. The molecule has 0 unspecified atom stereocenters. The maximum Gasteiger partial charge on any atom is 0.320 e. The molecule has 31 heavy (non-hydrogen) atoms. The summed E-state index contributed by atoms with van der Waals surface area (Å²) in [7, 11) is 1.57. The SMILES string of the molecule is COCCOc1nc(N)c2nc(-c3cncc(F)c3)n(Cc3ccc(CO)cc3)c2n1. The molecule has 0 bridgehead atoms. The van der Waals surface area contributed by atoms with Crippen LogP contribution in [0, 0.1) is 5.82 Å². The first-order valence-corrected chi connectivity index (χ1v) is 9.54. The molecule has 0 aliphatic carbocycles. The summed E-state index contributed by atoms with van der Waals surface area (Å²) in [5.74, 6) is 0.117. The first-order valence-electron chi connectivity index (χ1n) is 9.54. The number of fused-ring (bicyclic) bond motifs is 1. The van der Waals surface area contributed by atoms with Crippen LogP contribution in [-0.2, 0) is 17.9 Å². The minimum atomic E-state index is -0.481. The lowest BCUT2D eigenvalue weighted by molar-refractivity contribution is 0.141. The van der Waals surface area contributed by atoms with Crippen LogP contribution >= 0.6 is 0 Å². The highest BCUT2D eigenvalue weighted by molar-refractivity contribution is 5.85. The van der Waals surface area contributed by atoms with E-state index in [0.717, 1.165) is 17.3 Å². The van der Waals surface area contributed by atoms with Gasteiger partial charge in [0, 0.05) is 18.9 Å². The van der Waals surface area contributed by atoms with Crippen molar-refractivity contribution in [3.05, 3.63) is 59.7 Å². The molecule has 0 aliphatic rings. The number of aliphatic hydroxyl groups excluding tert-OH is 1. The molecule has 0 radical (unpaired) electrons. The highest BCUT2D eigenvalue weighted by Gasteiger charge is 2.19. The number of rotatable bonds is 8. The van der Waals surface area contributed by atoms with E-state index in [9.17, 15) is 9.50 Å². The molecule has 0 spiro atoms. The maximum atomic E-state index is 13.9. The number of halogens is 1. The molecule has 3 aromatic heterocycles. The summed E-state index contributed by atoms with van der Waals surface area (Å²) >= 11 is 0. The Kier molecular flexibility index (Phi) is 6.01. The van der Waals surface area contributed by atoms with Gasteiger partial charge in [-0.3, -0.25) is 4.98 Å². The molecule has 160 valence electrons. The Bertz CT molecular complexity index is 1200. The van der Waals surface area contributed by atoms with Gasteiger partial charge in [-0.05, 0) is 17.2 Å². The van der Waals surface area contributed by atoms with Crippen molar-refractivity contribution in [1.82, 2.24) is 24.5 Å². The summed E-state index contributed by atoms with van der Waals surface area (Å²) in [6, 6.07) is 8.90. The molecule has 0 amide bonds. The van der Waals surface area contributed by atoms with Crippen LogP contribution in [0.25, 0.3) is 22.6 Å². The molecular formula is C21H21FN6O3. The van der Waals surface area contributed by atoms with Gasteiger partial charge in [-0.2, -0.15) is 9.97 Å². The van der Waals surface area contributed by atoms with Gasteiger partial charge in [0.2, 0.25) is 0 Å². The molecule has 10 heteroatoms. The summed E-state index contributed by atoms with van der Waals surface area (Å²) < 4.78 is 26.2. The van der Waals surface area contributed by atoms with Crippen LogP contribution in [-0.4, -0.2) is 49.9 Å². The second-order valence-electron chi connectivity index (χ2n) is 6.79. The fourth-order valence-corrected chi connectivity index (χ4v) is 3.12. The molecule has 4 aromatic rings. The van der Waals surface area contributed by atoms with Crippen LogP contribution in [0.5, 0.6) is 6.01 Å². The summed E-state index contributed by atoms with van der Waals surface area (Å²) in [5, 5.41) is 9.28. The molecule has 3 N–H and O–H groups in total. The van der Waals surface area contributed by atoms with Crippen molar-refractivity contribution in [3.63, 3.8) is 0 Å². The quantitative estimate of drug-likeness (QED) is 0.413. The Labute approximate surface area is 177 Å². The number of nitrogen functional groups attached to an aromatic ring is 1. The summed E-state index contributed by atoms with van der Waals surface area (Å²) in [6.45, 7) is 0.972. The smallest absolute Gasteiger partial charge is 0.320 e. The van der Waals surface area contributed by atoms with Crippen molar-refractivity contribution in [3.8, 4) is 17.4 Å². The van der Waals surface area contributed by atoms with Gasteiger partial charge in [0.05, 0.1) is 26.0 Å². The second-order valence-corrected chi connectivity index (χ2v) is 6.79. The second kappa shape index (κ2) is 9.02. The van der Waals surface area contributed by atoms with E-state index in [4.69, 9.17) is 15.2 Å². The highest BCUT2D eigenvalue weighted by atomic mass is 19.1. The summed E-state index contributed by atoms with van der Waals surface area (Å²) in [6.07, 6.45) is 2.65.